The summed E-state index contributed by atoms with van der Waals surface area (Å²) >= 11 is 0. The molecule has 0 fully saturated rings. The maximum absolute atomic E-state index is 11.9. The normalized spacial score (nSPS) is 12.3. The van der Waals surface area contributed by atoms with Gasteiger partial charge in [0.1, 0.15) is 6.04 Å². The number of carbonyl (C=O) groups is 2. The molecule has 0 spiro atoms. The number of hydrogen-bond acceptors (Lipinski definition) is 3. The van der Waals surface area contributed by atoms with E-state index in [1.54, 1.807) is 0 Å². The Kier molecular flexibility index (Phi) is 24.2. The van der Waals surface area contributed by atoms with Crippen molar-refractivity contribution < 1.29 is 19.8 Å². The van der Waals surface area contributed by atoms with E-state index in [4.69, 9.17) is 5.11 Å². The molecule has 0 radical (unpaired) electrons. The Balaban J connectivity index is 4.22. The second-order valence-corrected chi connectivity index (χ2v) is 10.2. The van der Waals surface area contributed by atoms with Crippen LogP contribution in [-0.4, -0.2) is 46.2 Å². The summed E-state index contributed by atoms with van der Waals surface area (Å²) in [5, 5.41) is 18.8. The average molecular weight is 484 g/mol. The van der Waals surface area contributed by atoms with Gasteiger partial charge in [0.15, 0.2) is 0 Å². The van der Waals surface area contributed by atoms with Crippen LogP contribution in [0.15, 0.2) is 0 Å². The van der Waals surface area contributed by atoms with Gasteiger partial charge >= 0.3 is 11.9 Å². The van der Waals surface area contributed by atoms with Crippen LogP contribution in [0.25, 0.3) is 0 Å². The molecule has 2 N–H and O–H groups in total. The Hall–Kier alpha value is -1.10. The van der Waals surface area contributed by atoms with Crippen LogP contribution in [0.1, 0.15) is 155 Å². The zero-order chi connectivity index (χ0) is 25.3. The fourth-order valence-electron chi connectivity index (χ4n) is 4.75. The fourth-order valence-corrected chi connectivity index (χ4v) is 4.75. The minimum Gasteiger partial charge on any atom is -0.481 e. The lowest BCUT2D eigenvalue weighted by Gasteiger charge is -2.28. The molecule has 0 bridgehead atoms. The zero-order valence-electron chi connectivity index (χ0n) is 22.7. The first-order chi connectivity index (χ1) is 16.5. The number of unbranched alkanes of at least 4 members (excludes halogenated alkanes) is 18. The SMILES string of the molecule is CCCCCCCCCCCCN(CCCCCCCCCCCC)C(CCC(=O)O)C(=O)O. The van der Waals surface area contributed by atoms with Gasteiger partial charge < -0.3 is 10.2 Å². The average Bonchev–Trinajstić information content (AvgIpc) is 2.80. The number of carboxylic acid groups (broad SMARTS) is 2. The van der Waals surface area contributed by atoms with Crippen molar-refractivity contribution in [2.75, 3.05) is 13.1 Å². The van der Waals surface area contributed by atoms with Gasteiger partial charge in [-0.3, -0.25) is 14.5 Å². The van der Waals surface area contributed by atoms with Crippen LogP contribution >= 0.6 is 0 Å². The van der Waals surface area contributed by atoms with E-state index in [2.05, 4.69) is 18.7 Å². The fraction of sp³-hybridized carbons (Fsp3) is 0.931. The Labute approximate surface area is 211 Å². The van der Waals surface area contributed by atoms with Gasteiger partial charge in [-0.15, -0.1) is 0 Å². The van der Waals surface area contributed by atoms with Gasteiger partial charge in [-0.2, -0.15) is 0 Å². The van der Waals surface area contributed by atoms with Crippen LogP contribution in [-0.2, 0) is 9.59 Å². The van der Waals surface area contributed by atoms with Crippen molar-refractivity contribution in [3.63, 3.8) is 0 Å². The highest BCUT2D eigenvalue weighted by atomic mass is 16.4. The molecule has 0 heterocycles. The lowest BCUT2D eigenvalue weighted by Crippen LogP contribution is -2.42. The summed E-state index contributed by atoms with van der Waals surface area (Å²) in [4.78, 5) is 25.0. The number of nitrogens with zero attached hydrogens (tertiary/aromatic N) is 1. The standard InChI is InChI=1S/C29H57NO4/c1-3-5-7-9-11-13-15-17-19-21-25-30(27(29(33)34)23-24-28(31)32)26-22-20-18-16-14-12-10-8-6-4-2/h27H,3-26H2,1-2H3,(H,31,32)(H,33,34). The molecule has 1 atom stereocenters. The number of rotatable bonds is 27. The van der Waals surface area contributed by atoms with Crippen molar-refractivity contribution in [2.24, 2.45) is 0 Å². The molecule has 0 aromatic rings. The second kappa shape index (κ2) is 25.0. The Morgan fingerprint density at radius 2 is 0.882 bits per heavy atom. The second-order valence-electron chi connectivity index (χ2n) is 10.2. The summed E-state index contributed by atoms with van der Waals surface area (Å²) < 4.78 is 0. The number of hydrogen-bond donors (Lipinski definition) is 2. The molecule has 1 unspecified atom stereocenters. The Morgan fingerprint density at radius 3 is 1.18 bits per heavy atom. The summed E-state index contributed by atoms with van der Waals surface area (Å²) in [7, 11) is 0. The summed E-state index contributed by atoms with van der Waals surface area (Å²) in [5.74, 6) is -1.79. The van der Waals surface area contributed by atoms with E-state index < -0.39 is 18.0 Å². The molecule has 0 aliphatic carbocycles. The van der Waals surface area contributed by atoms with Gasteiger partial charge in [-0.1, -0.05) is 129 Å². The number of carboxylic acids is 2. The predicted octanol–water partition coefficient (Wildman–Crippen LogP) is 8.45. The molecule has 202 valence electrons. The zero-order valence-corrected chi connectivity index (χ0v) is 22.7. The topological polar surface area (TPSA) is 77.8 Å². The van der Waals surface area contributed by atoms with Crippen LogP contribution < -0.4 is 0 Å². The summed E-state index contributed by atoms with van der Waals surface area (Å²) in [6.45, 7) is 6.03. The van der Waals surface area contributed by atoms with Crippen LogP contribution in [0.2, 0.25) is 0 Å². The van der Waals surface area contributed by atoms with E-state index >= 15 is 0 Å². The lowest BCUT2D eigenvalue weighted by molar-refractivity contribution is -0.144. The third-order valence-corrected chi connectivity index (χ3v) is 6.96. The molecule has 0 saturated carbocycles. The molecule has 0 rings (SSSR count). The van der Waals surface area contributed by atoms with E-state index in [9.17, 15) is 14.7 Å². The highest BCUT2D eigenvalue weighted by molar-refractivity contribution is 5.75. The highest BCUT2D eigenvalue weighted by Crippen LogP contribution is 2.16. The molecule has 0 saturated heterocycles. The first-order valence-corrected chi connectivity index (χ1v) is 14.7. The van der Waals surface area contributed by atoms with E-state index in [0.717, 1.165) is 38.8 Å². The van der Waals surface area contributed by atoms with Crippen molar-refractivity contribution in [3.05, 3.63) is 0 Å². The van der Waals surface area contributed by atoms with E-state index in [-0.39, 0.29) is 12.8 Å². The van der Waals surface area contributed by atoms with Crippen molar-refractivity contribution in [1.29, 1.82) is 0 Å². The Bertz CT molecular complexity index is 445. The van der Waals surface area contributed by atoms with Crippen molar-refractivity contribution in [1.82, 2.24) is 4.90 Å². The van der Waals surface area contributed by atoms with Gasteiger partial charge in [0.05, 0.1) is 0 Å². The molecule has 0 aromatic carbocycles. The third-order valence-electron chi connectivity index (χ3n) is 6.96. The van der Waals surface area contributed by atoms with Crippen molar-refractivity contribution in [2.45, 2.75) is 161 Å². The molecular weight excluding hydrogens is 426 g/mol. The molecule has 0 amide bonds. The quantitative estimate of drug-likeness (QED) is 0.115. The van der Waals surface area contributed by atoms with Crippen LogP contribution in [0.5, 0.6) is 0 Å². The molecule has 5 heteroatoms. The lowest BCUT2D eigenvalue weighted by atomic mass is 10.0. The van der Waals surface area contributed by atoms with E-state index in [1.165, 1.54) is 103 Å². The largest absolute Gasteiger partial charge is 0.481 e. The maximum Gasteiger partial charge on any atom is 0.320 e. The smallest absolute Gasteiger partial charge is 0.320 e. The molecule has 5 nitrogen and oxygen atoms in total. The van der Waals surface area contributed by atoms with Gasteiger partial charge in [0.25, 0.3) is 0 Å². The molecule has 0 aliphatic heterocycles. The first-order valence-electron chi connectivity index (χ1n) is 14.7. The summed E-state index contributed by atoms with van der Waals surface area (Å²) in [5.41, 5.74) is 0. The molecule has 34 heavy (non-hydrogen) atoms. The minimum absolute atomic E-state index is 0.0798. The van der Waals surface area contributed by atoms with Gasteiger partial charge in [-0.05, 0) is 32.4 Å². The van der Waals surface area contributed by atoms with Crippen LogP contribution in [0.4, 0.5) is 0 Å². The highest BCUT2D eigenvalue weighted by Gasteiger charge is 2.25. The summed E-state index contributed by atoms with van der Waals surface area (Å²) in [6.07, 6.45) is 25.3. The predicted molar refractivity (Wildman–Crippen MR) is 144 cm³/mol. The first kappa shape index (κ1) is 32.9. The van der Waals surface area contributed by atoms with Crippen molar-refractivity contribution >= 4 is 11.9 Å². The van der Waals surface area contributed by atoms with E-state index in [1.807, 2.05) is 0 Å². The van der Waals surface area contributed by atoms with E-state index in [0.29, 0.717) is 0 Å². The van der Waals surface area contributed by atoms with Gasteiger partial charge in [0.2, 0.25) is 0 Å². The minimum atomic E-state index is -0.913. The third kappa shape index (κ3) is 21.4. The maximum atomic E-state index is 11.9. The van der Waals surface area contributed by atoms with Crippen molar-refractivity contribution in [3.8, 4) is 0 Å². The molecule has 0 aliphatic rings. The van der Waals surface area contributed by atoms with Gasteiger partial charge in [0, 0.05) is 6.42 Å². The Morgan fingerprint density at radius 1 is 0.559 bits per heavy atom. The number of aliphatic carboxylic acids is 2. The van der Waals surface area contributed by atoms with Crippen LogP contribution in [0.3, 0.4) is 0 Å². The van der Waals surface area contributed by atoms with Crippen LogP contribution in [0, 0.1) is 0 Å². The summed E-state index contributed by atoms with van der Waals surface area (Å²) in [6, 6.07) is -0.673. The monoisotopic (exact) mass is 483 g/mol. The molecular formula is C29H57NO4. The molecule has 0 aromatic heterocycles. The van der Waals surface area contributed by atoms with Gasteiger partial charge in [-0.25, -0.2) is 0 Å².